The van der Waals surface area contributed by atoms with E-state index in [0.717, 1.165) is 23.3 Å². The highest BCUT2D eigenvalue weighted by Crippen LogP contribution is 2.32. The quantitative estimate of drug-likeness (QED) is 0.518. The summed E-state index contributed by atoms with van der Waals surface area (Å²) in [5.41, 5.74) is 2.78. The maximum Gasteiger partial charge on any atom is 0.416 e. The summed E-state index contributed by atoms with van der Waals surface area (Å²) in [6, 6.07) is 18.8. The van der Waals surface area contributed by atoms with E-state index in [1.807, 2.05) is 18.2 Å². The molecule has 0 heterocycles. The van der Waals surface area contributed by atoms with Crippen molar-refractivity contribution in [1.82, 2.24) is 0 Å². The van der Waals surface area contributed by atoms with E-state index in [2.05, 4.69) is 5.32 Å². The molecule has 0 aromatic heterocycles. The van der Waals surface area contributed by atoms with Crippen LogP contribution in [-0.2, 0) is 28.6 Å². The van der Waals surface area contributed by atoms with Crippen LogP contribution < -0.4 is 5.32 Å². The molecule has 0 aliphatic rings. The Morgan fingerprint density at radius 3 is 2.13 bits per heavy atom. The molecule has 0 unspecified atom stereocenters. The third-order valence-electron chi connectivity index (χ3n) is 4.76. The molecule has 0 radical (unpaired) electrons. The van der Waals surface area contributed by atoms with Crippen molar-refractivity contribution in [2.45, 2.75) is 25.4 Å². The monoisotopic (exact) mass is 427 g/mol. The Hall–Kier alpha value is -3.61. The van der Waals surface area contributed by atoms with E-state index in [9.17, 15) is 22.8 Å². The normalized spacial score (nSPS) is 11.2. The topological polar surface area (TPSA) is 66.4 Å². The van der Waals surface area contributed by atoms with E-state index in [0.29, 0.717) is 23.2 Å². The number of anilines is 1. The van der Waals surface area contributed by atoms with Crippen LogP contribution >= 0.6 is 0 Å². The van der Waals surface area contributed by atoms with Gasteiger partial charge in [0, 0.05) is 12.1 Å². The van der Waals surface area contributed by atoms with E-state index >= 15 is 0 Å². The molecule has 0 saturated heterocycles. The Bertz CT molecular complexity index is 1060. The molecule has 4 nitrogen and oxygen atoms in total. The number of hydrogen-bond donors (Lipinski definition) is 2. The minimum atomic E-state index is -4.39. The standard InChI is InChI=1S/C24H20F3NO3/c25-24(26,27)19-10-7-18(8-11-19)21-4-2-1-3-17(21)9-14-22(29)28-20-12-5-16(6-13-20)15-23(30)31/h1-8,10-13H,9,14-15H2,(H,28,29)(H,30,31). The Kier molecular flexibility index (Phi) is 6.74. The number of alkyl halides is 3. The zero-order valence-corrected chi connectivity index (χ0v) is 16.4. The third kappa shape index (κ3) is 6.18. The number of carbonyl (C=O) groups excluding carboxylic acids is 1. The van der Waals surface area contributed by atoms with Gasteiger partial charge in [-0.3, -0.25) is 9.59 Å². The van der Waals surface area contributed by atoms with Gasteiger partial charge in [-0.15, -0.1) is 0 Å². The Morgan fingerprint density at radius 2 is 1.52 bits per heavy atom. The molecule has 0 aliphatic heterocycles. The lowest BCUT2D eigenvalue weighted by atomic mass is 9.96. The SMILES string of the molecule is O=C(O)Cc1ccc(NC(=O)CCc2ccccc2-c2ccc(C(F)(F)F)cc2)cc1. The van der Waals surface area contributed by atoms with Crippen LogP contribution in [0.2, 0.25) is 0 Å². The number of aliphatic carboxylic acids is 1. The number of benzene rings is 3. The van der Waals surface area contributed by atoms with Crippen LogP contribution in [0.3, 0.4) is 0 Å². The van der Waals surface area contributed by atoms with Crippen molar-refractivity contribution in [3.05, 3.63) is 89.5 Å². The predicted octanol–water partition coefficient (Wildman–Crippen LogP) is 5.57. The lowest BCUT2D eigenvalue weighted by Gasteiger charge is -2.12. The molecule has 0 fully saturated rings. The number of carbonyl (C=O) groups is 2. The molecule has 3 aromatic carbocycles. The van der Waals surface area contributed by atoms with Gasteiger partial charge in [-0.2, -0.15) is 13.2 Å². The zero-order chi connectivity index (χ0) is 22.4. The summed E-state index contributed by atoms with van der Waals surface area (Å²) in [6.45, 7) is 0. The molecule has 0 aliphatic carbocycles. The summed E-state index contributed by atoms with van der Waals surface area (Å²) in [4.78, 5) is 23.0. The van der Waals surface area contributed by atoms with Crippen LogP contribution in [0.5, 0.6) is 0 Å². The molecular weight excluding hydrogens is 407 g/mol. The van der Waals surface area contributed by atoms with Gasteiger partial charge in [0.05, 0.1) is 12.0 Å². The number of carboxylic acids is 1. The number of carboxylic acid groups (broad SMARTS) is 1. The maximum absolute atomic E-state index is 12.8. The fourth-order valence-electron chi connectivity index (χ4n) is 3.21. The van der Waals surface area contributed by atoms with Crippen LogP contribution in [0.25, 0.3) is 11.1 Å². The first-order valence-electron chi connectivity index (χ1n) is 9.58. The smallest absolute Gasteiger partial charge is 0.416 e. The second-order valence-electron chi connectivity index (χ2n) is 7.05. The Balaban J connectivity index is 1.64. The largest absolute Gasteiger partial charge is 0.481 e. The molecule has 0 saturated carbocycles. The third-order valence-corrected chi connectivity index (χ3v) is 4.76. The van der Waals surface area contributed by atoms with Gasteiger partial charge < -0.3 is 10.4 Å². The predicted molar refractivity (Wildman–Crippen MR) is 112 cm³/mol. The van der Waals surface area contributed by atoms with E-state index < -0.39 is 17.7 Å². The molecule has 3 rings (SSSR count). The van der Waals surface area contributed by atoms with Crippen molar-refractivity contribution in [1.29, 1.82) is 0 Å². The van der Waals surface area contributed by atoms with Gasteiger partial charge in [0.25, 0.3) is 0 Å². The number of nitrogens with one attached hydrogen (secondary N) is 1. The zero-order valence-electron chi connectivity index (χ0n) is 16.4. The van der Waals surface area contributed by atoms with Gasteiger partial charge in [-0.1, -0.05) is 48.5 Å². The summed E-state index contributed by atoms with van der Waals surface area (Å²) in [6.07, 6.45) is -3.87. The molecule has 0 bridgehead atoms. The summed E-state index contributed by atoms with van der Waals surface area (Å²) in [5, 5.41) is 11.6. The van der Waals surface area contributed by atoms with Crippen molar-refractivity contribution in [3.63, 3.8) is 0 Å². The van der Waals surface area contributed by atoms with Gasteiger partial charge in [-0.25, -0.2) is 0 Å². The van der Waals surface area contributed by atoms with Crippen molar-refractivity contribution in [3.8, 4) is 11.1 Å². The van der Waals surface area contributed by atoms with Gasteiger partial charge in [0.15, 0.2) is 0 Å². The van der Waals surface area contributed by atoms with Gasteiger partial charge >= 0.3 is 12.1 Å². The fourth-order valence-corrected chi connectivity index (χ4v) is 3.21. The minimum absolute atomic E-state index is 0.0883. The average molecular weight is 427 g/mol. The minimum Gasteiger partial charge on any atom is -0.481 e. The fraction of sp³-hybridized carbons (Fsp3) is 0.167. The molecule has 1 amide bonds. The van der Waals surface area contributed by atoms with Crippen molar-refractivity contribution in [2.24, 2.45) is 0 Å². The molecule has 7 heteroatoms. The molecule has 3 aromatic rings. The Morgan fingerprint density at radius 1 is 0.871 bits per heavy atom. The van der Waals surface area contributed by atoms with Crippen molar-refractivity contribution >= 4 is 17.6 Å². The number of amides is 1. The lowest BCUT2D eigenvalue weighted by molar-refractivity contribution is -0.138. The van der Waals surface area contributed by atoms with Gasteiger partial charge in [-0.05, 0) is 52.9 Å². The van der Waals surface area contributed by atoms with E-state index in [1.54, 1.807) is 30.3 Å². The summed E-state index contributed by atoms with van der Waals surface area (Å²) < 4.78 is 38.4. The van der Waals surface area contributed by atoms with E-state index in [-0.39, 0.29) is 18.7 Å². The highest BCUT2D eigenvalue weighted by molar-refractivity contribution is 5.91. The number of aryl methyl sites for hydroxylation is 1. The molecule has 31 heavy (non-hydrogen) atoms. The van der Waals surface area contributed by atoms with Crippen LogP contribution in [0.15, 0.2) is 72.8 Å². The summed E-state index contributed by atoms with van der Waals surface area (Å²) in [5.74, 6) is -1.14. The first-order chi connectivity index (χ1) is 14.7. The van der Waals surface area contributed by atoms with Crippen LogP contribution in [0.1, 0.15) is 23.1 Å². The van der Waals surface area contributed by atoms with Crippen LogP contribution in [-0.4, -0.2) is 17.0 Å². The molecule has 160 valence electrons. The summed E-state index contributed by atoms with van der Waals surface area (Å²) in [7, 11) is 0. The maximum atomic E-state index is 12.8. The number of hydrogen-bond acceptors (Lipinski definition) is 2. The van der Waals surface area contributed by atoms with E-state index in [1.165, 1.54) is 12.1 Å². The van der Waals surface area contributed by atoms with Crippen molar-refractivity contribution < 1.29 is 27.9 Å². The van der Waals surface area contributed by atoms with Gasteiger partial charge in [0.2, 0.25) is 5.91 Å². The molecular formula is C24H20F3NO3. The second kappa shape index (κ2) is 9.47. The second-order valence-corrected chi connectivity index (χ2v) is 7.05. The van der Waals surface area contributed by atoms with Crippen LogP contribution in [0.4, 0.5) is 18.9 Å². The molecule has 2 N–H and O–H groups in total. The summed E-state index contributed by atoms with van der Waals surface area (Å²) >= 11 is 0. The lowest BCUT2D eigenvalue weighted by Crippen LogP contribution is -2.12. The Labute approximate surface area is 177 Å². The number of rotatable bonds is 7. The highest BCUT2D eigenvalue weighted by Gasteiger charge is 2.30. The van der Waals surface area contributed by atoms with E-state index in [4.69, 9.17) is 5.11 Å². The average Bonchev–Trinajstić information content (AvgIpc) is 2.73. The molecule has 0 atom stereocenters. The van der Waals surface area contributed by atoms with Crippen LogP contribution in [0, 0.1) is 0 Å². The highest BCUT2D eigenvalue weighted by atomic mass is 19.4. The molecule has 0 spiro atoms. The first-order valence-corrected chi connectivity index (χ1v) is 9.58. The first kappa shape index (κ1) is 22.1. The van der Waals surface area contributed by atoms with Crippen molar-refractivity contribution in [2.75, 3.05) is 5.32 Å². The van der Waals surface area contributed by atoms with Gasteiger partial charge in [0.1, 0.15) is 0 Å². The number of halogens is 3.